The number of benzene rings is 2. The van der Waals surface area contributed by atoms with Crippen molar-refractivity contribution < 1.29 is 14.0 Å². The lowest BCUT2D eigenvalue weighted by atomic mass is 9.93. The molecule has 0 bridgehead atoms. The minimum atomic E-state index is -0.666. The van der Waals surface area contributed by atoms with Crippen molar-refractivity contribution in [2.24, 2.45) is 0 Å². The largest absolute Gasteiger partial charge is 0.334 e. The van der Waals surface area contributed by atoms with Gasteiger partial charge in [0, 0.05) is 18.3 Å². The number of nitrogens with one attached hydrogen (secondary N) is 2. The first kappa shape index (κ1) is 20.8. The number of rotatable bonds is 6. The maximum Gasteiger partial charge on any atom is 0.319 e. The molecular formula is C23H28FN3O2. The molecule has 3 amide bonds. The average Bonchev–Trinajstić information content (AvgIpc) is 2.74. The molecule has 6 heteroatoms. The Hall–Kier alpha value is -2.89. The van der Waals surface area contributed by atoms with Gasteiger partial charge < -0.3 is 15.5 Å². The molecular weight excluding hydrogens is 369 g/mol. The fourth-order valence-corrected chi connectivity index (χ4v) is 3.76. The van der Waals surface area contributed by atoms with E-state index in [4.69, 9.17) is 0 Å². The lowest BCUT2D eigenvalue weighted by Gasteiger charge is -2.36. The first-order chi connectivity index (χ1) is 14.0. The van der Waals surface area contributed by atoms with Crippen LogP contribution in [0.1, 0.15) is 44.6 Å². The van der Waals surface area contributed by atoms with Crippen molar-refractivity contribution in [3.05, 3.63) is 66.0 Å². The zero-order chi connectivity index (χ0) is 20.6. The van der Waals surface area contributed by atoms with Gasteiger partial charge in [0.25, 0.3) is 0 Å². The molecule has 2 aromatic carbocycles. The summed E-state index contributed by atoms with van der Waals surface area (Å²) in [6.45, 7) is 2.11. The number of halogens is 1. The van der Waals surface area contributed by atoms with Crippen LogP contribution in [-0.4, -0.2) is 28.9 Å². The number of carbonyl (C=O) groups is 2. The molecule has 154 valence electrons. The van der Waals surface area contributed by atoms with Gasteiger partial charge in [0.15, 0.2) is 0 Å². The van der Waals surface area contributed by atoms with Gasteiger partial charge in [0.05, 0.1) is 0 Å². The molecule has 0 heterocycles. The van der Waals surface area contributed by atoms with Gasteiger partial charge in [-0.15, -0.1) is 0 Å². The van der Waals surface area contributed by atoms with Crippen LogP contribution in [-0.2, 0) is 11.3 Å². The standard InChI is InChI=1S/C23H28FN3O2/c1-17(25-23(29)26-20-8-4-2-5-9-20)22(28)27(21-10-6-3-7-11-21)16-18-12-14-19(24)15-13-18/h2,4-5,8-9,12-15,17,21H,3,6-7,10-11,16H2,1H3,(H2,25,26,29)/t17-/m1/s1. The summed E-state index contributed by atoms with van der Waals surface area (Å²) in [4.78, 5) is 27.3. The molecule has 1 atom stereocenters. The van der Waals surface area contributed by atoms with Crippen molar-refractivity contribution in [1.29, 1.82) is 0 Å². The van der Waals surface area contributed by atoms with E-state index in [1.807, 2.05) is 23.1 Å². The van der Waals surface area contributed by atoms with E-state index in [2.05, 4.69) is 10.6 Å². The Morgan fingerprint density at radius 1 is 1.03 bits per heavy atom. The van der Waals surface area contributed by atoms with Crippen LogP contribution < -0.4 is 10.6 Å². The number of urea groups is 1. The summed E-state index contributed by atoms with van der Waals surface area (Å²) in [5.74, 6) is -0.415. The van der Waals surface area contributed by atoms with Crippen LogP contribution in [0.25, 0.3) is 0 Å². The van der Waals surface area contributed by atoms with Crippen LogP contribution in [0.4, 0.5) is 14.9 Å². The second kappa shape index (κ2) is 10.0. The van der Waals surface area contributed by atoms with Gasteiger partial charge in [-0.25, -0.2) is 9.18 Å². The highest BCUT2D eigenvalue weighted by Gasteiger charge is 2.29. The normalized spacial score (nSPS) is 15.4. The number of anilines is 1. The van der Waals surface area contributed by atoms with Gasteiger partial charge in [0.2, 0.25) is 5.91 Å². The molecule has 0 aromatic heterocycles. The first-order valence-electron chi connectivity index (χ1n) is 10.2. The quantitative estimate of drug-likeness (QED) is 0.742. The van der Waals surface area contributed by atoms with Crippen molar-refractivity contribution in [3.8, 4) is 0 Å². The van der Waals surface area contributed by atoms with Gasteiger partial charge in [-0.3, -0.25) is 4.79 Å². The van der Waals surface area contributed by atoms with Crippen LogP contribution in [0.5, 0.6) is 0 Å². The third-order valence-electron chi connectivity index (χ3n) is 5.31. The number of hydrogen-bond donors (Lipinski definition) is 2. The Balaban J connectivity index is 1.67. The number of carbonyl (C=O) groups excluding carboxylic acids is 2. The summed E-state index contributed by atoms with van der Waals surface area (Å²) in [5, 5.41) is 5.48. The Bertz CT molecular complexity index is 805. The summed E-state index contributed by atoms with van der Waals surface area (Å²) in [6, 6.07) is 14.4. The highest BCUT2D eigenvalue weighted by molar-refractivity contribution is 5.93. The summed E-state index contributed by atoms with van der Waals surface area (Å²) in [6.07, 6.45) is 5.27. The SMILES string of the molecule is C[C@@H](NC(=O)Nc1ccccc1)C(=O)N(Cc1ccc(F)cc1)C1CCCCC1. The van der Waals surface area contributed by atoms with Crippen LogP contribution in [0.2, 0.25) is 0 Å². The number of para-hydroxylation sites is 1. The van der Waals surface area contributed by atoms with Crippen LogP contribution in [0.15, 0.2) is 54.6 Å². The second-order valence-electron chi connectivity index (χ2n) is 7.57. The van der Waals surface area contributed by atoms with Crippen molar-refractivity contribution in [1.82, 2.24) is 10.2 Å². The maximum absolute atomic E-state index is 13.3. The van der Waals surface area contributed by atoms with E-state index in [0.29, 0.717) is 12.2 Å². The third kappa shape index (κ3) is 6.04. The number of amides is 3. The van der Waals surface area contributed by atoms with Crippen LogP contribution >= 0.6 is 0 Å². The van der Waals surface area contributed by atoms with E-state index in [-0.39, 0.29) is 17.8 Å². The Morgan fingerprint density at radius 2 is 1.69 bits per heavy atom. The van der Waals surface area contributed by atoms with Crippen molar-refractivity contribution >= 4 is 17.6 Å². The molecule has 0 spiro atoms. The van der Waals surface area contributed by atoms with Crippen molar-refractivity contribution in [2.45, 2.75) is 57.7 Å². The summed E-state index contributed by atoms with van der Waals surface area (Å²) in [5.41, 5.74) is 1.55. The van der Waals surface area contributed by atoms with Gasteiger partial charge in [-0.1, -0.05) is 49.6 Å². The Kier molecular flexibility index (Phi) is 7.22. The molecule has 29 heavy (non-hydrogen) atoms. The summed E-state index contributed by atoms with van der Waals surface area (Å²) in [7, 11) is 0. The summed E-state index contributed by atoms with van der Waals surface area (Å²) < 4.78 is 13.3. The molecule has 1 fully saturated rings. The molecule has 1 aliphatic rings. The van der Waals surface area contributed by atoms with Gasteiger partial charge in [-0.2, -0.15) is 0 Å². The van der Waals surface area contributed by atoms with E-state index in [1.165, 1.54) is 18.6 Å². The van der Waals surface area contributed by atoms with E-state index in [9.17, 15) is 14.0 Å². The molecule has 1 saturated carbocycles. The van der Waals surface area contributed by atoms with Crippen molar-refractivity contribution in [2.75, 3.05) is 5.32 Å². The molecule has 3 rings (SSSR count). The monoisotopic (exact) mass is 397 g/mol. The molecule has 0 radical (unpaired) electrons. The predicted molar refractivity (Wildman–Crippen MR) is 112 cm³/mol. The average molecular weight is 397 g/mol. The summed E-state index contributed by atoms with van der Waals surface area (Å²) >= 11 is 0. The Labute approximate surface area is 171 Å². The smallest absolute Gasteiger partial charge is 0.319 e. The van der Waals surface area contributed by atoms with Crippen LogP contribution in [0.3, 0.4) is 0 Å². The number of nitrogens with zero attached hydrogens (tertiary/aromatic N) is 1. The fourth-order valence-electron chi connectivity index (χ4n) is 3.76. The van der Waals surface area contributed by atoms with Crippen LogP contribution in [0, 0.1) is 5.82 Å². The molecule has 1 aliphatic carbocycles. The highest BCUT2D eigenvalue weighted by atomic mass is 19.1. The fraction of sp³-hybridized carbons (Fsp3) is 0.391. The van der Waals surface area contributed by atoms with E-state index in [0.717, 1.165) is 31.2 Å². The second-order valence-corrected chi connectivity index (χ2v) is 7.57. The predicted octanol–water partition coefficient (Wildman–Crippen LogP) is 4.70. The zero-order valence-electron chi connectivity index (χ0n) is 16.7. The van der Waals surface area contributed by atoms with E-state index in [1.54, 1.807) is 31.2 Å². The van der Waals surface area contributed by atoms with Gasteiger partial charge in [-0.05, 0) is 49.6 Å². The maximum atomic E-state index is 13.3. The molecule has 0 saturated heterocycles. The topological polar surface area (TPSA) is 61.4 Å². The third-order valence-corrected chi connectivity index (χ3v) is 5.31. The lowest BCUT2D eigenvalue weighted by molar-refractivity contribution is -0.136. The zero-order valence-corrected chi connectivity index (χ0v) is 16.7. The number of hydrogen-bond acceptors (Lipinski definition) is 2. The van der Waals surface area contributed by atoms with Gasteiger partial charge >= 0.3 is 6.03 Å². The Morgan fingerprint density at radius 3 is 2.34 bits per heavy atom. The van der Waals surface area contributed by atoms with E-state index >= 15 is 0 Å². The first-order valence-corrected chi connectivity index (χ1v) is 10.2. The highest BCUT2D eigenvalue weighted by Crippen LogP contribution is 2.25. The van der Waals surface area contributed by atoms with E-state index < -0.39 is 12.1 Å². The molecule has 5 nitrogen and oxygen atoms in total. The lowest BCUT2D eigenvalue weighted by Crippen LogP contribution is -2.51. The molecule has 0 aliphatic heterocycles. The molecule has 2 N–H and O–H groups in total. The minimum Gasteiger partial charge on any atom is -0.334 e. The van der Waals surface area contributed by atoms with Gasteiger partial charge in [0.1, 0.15) is 11.9 Å². The van der Waals surface area contributed by atoms with Crippen molar-refractivity contribution in [3.63, 3.8) is 0 Å². The molecule has 2 aromatic rings. The minimum absolute atomic E-state index is 0.121. The molecule has 0 unspecified atom stereocenters.